The standard InChI is InChI=1S/C11H9NO/c1-3-8-5-4-6-9-10(8)7-12(2)11(9)13/h1,4-6H,7H2,2H3. The minimum absolute atomic E-state index is 0.0621. The zero-order valence-electron chi connectivity index (χ0n) is 7.37. The number of fused-ring (bicyclic) bond motifs is 1. The summed E-state index contributed by atoms with van der Waals surface area (Å²) in [5.41, 5.74) is 2.56. The Morgan fingerprint density at radius 2 is 2.31 bits per heavy atom. The summed E-state index contributed by atoms with van der Waals surface area (Å²) in [5.74, 6) is 2.65. The summed E-state index contributed by atoms with van der Waals surface area (Å²) in [4.78, 5) is 13.2. The van der Waals surface area contributed by atoms with Crippen molar-refractivity contribution >= 4 is 5.91 Å². The molecule has 0 aromatic heterocycles. The van der Waals surface area contributed by atoms with E-state index >= 15 is 0 Å². The molecule has 1 amide bonds. The molecule has 13 heavy (non-hydrogen) atoms. The molecule has 0 spiro atoms. The number of benzene rings is 1. The van der Waals surface area contributed by atoms with Crippen molar-refractivity contribution in [2.75, 3.05) is 7.05 Å². The lowest BCUT2D eigenvalue weighted by molar-refractivity contribution is 0.0816. The lowest BCUT2D eigenvalue weighted by Crippen LogP contribution is -2.17. The van der Waals surface area contributed by atoms with Gasteiger partial charge in [-0.3, -0.25) is 4.79 Å². The number of carbonyl (C=O) groups excluding carboxylic acids is 1. The fourth-order valence-electron chi connectivity index (χ4n) is 1.61. The highest BCUT2D eigenvalue weighted by Gasteiger charge is 2.25. The van der Waals surface area contributed by atoms with Gasteiger partial charge in [0.2, 0.25) is 0 Å². The molecule has 1 aromatic carbocycles. The molecular formula is C11H9NO. The lowest BCUT2D eigenvalue weighted by atomic mass is 10.0. The van der Waals surface area contributed by atoms with Crippen molar-refractivity contribution in [1.82, 2.24) is 4.90 Å². The summed E-state index contributed by atoms with van der Waals surface area (Å²) in [5, 5.41) is 0. The molecule has 2 rings (SSSR count). The molecule has 2 nitrogen and oxygen atoms in total. The Kier molecular flexibility index (Phi) is 1.60. The van der Waals surface area contributed by atoms with Crippen molar-refractivity contribution in [1.29, 1.82) is 0 Å². The molecule has 0 bridgehead atoms. The van der Waals surface area contributed by atoms with Gasteiger partial charge in [-0.1, -0.05) is 12.0 Å². The normalized spacial score (nSPS) is 14.2. The molecule has 1 aliphatic heterocycles. The molecule has 0 N–H and O–H groups in total. The minimum Gasteiger partial charge on any atom is -0.337 e. The van der Waals surface area contributed by atoms with Crippen LogP contribution in [0.1, 0.15) is 21.5 Å². The van der Waals surface area contributed by atoms with E-state index in [-0.39, 0.29) is 5.91 Å². The van der Waals surface area contributed by atoms with Gasteiger partial charge in [0.15, 0.2) is 0 Å². The first-order valence-electron chi connectivity index (χ1n) is 4.08. The van der Waals surface area contributed by atoms with Crippen molar-refractivity contribution < 1.29 is 4.79 Å². The fraction of sp³-hybridized carbons (Fsp3) is 0.182. The maximum Gasteiger partial charge on any atom is 0.254 e. The minimum atomic E-state index is 0.0621. The third-order valence-electron chi connectivity index (χ3n) is 2.30. The molecule has 0 radical (unpaired) electrons. The summed E-state index contributed by atoms with van der Waals surface area (Å²) >= 11 is 0. The molecule has 0 atom stereocenters. The van der Waals surface area contributed by atoms with Crippen LogP contribution < -0.4 is 0 Å². The highest BCUT2D eigenvalue weighted by molar-refractivity contribution is 5.98. The number of hydrogen-bond donors (Lipinski definition) is 0. The van der Waals surface area contributed by atoms with Gasteiger partial charge in [0, 0.05) is 24.7 Å². The monoisotopic (exact) mass is 171 g/mol. The topological polar surface area (TPSA) is 20.3 Å². The van der Waals surface area contributed by atoms with Gasteiger partial charge >= 0.3 is 0 Å². The van der Waals surface area contributed by atoms with E-state index in [0.717, 1.165) is 16.7 Å². The molecule has 64 valence electrons. The maximum atomic E-state index is 11.5. The second kappa shape index (κ2) is 2.63. The number of amides is 1. The quantitative estimate of drug-likeness (QED) is 0.538. The van der Waals surface area contributed by atoms with Gasteiger partial charge in [0.1, 0.15) is 0 Å². The van der Waals surface area contributed by atoms with Crippen molar-refractivity contribution in [3.05, 3.63) is 34.9 Å². The van der Waals surface area contributed by atoms with E-state index in [4.69, 9.17) is 6.42 Å². The van der Waals surface area contributed by atoms with Gasteiger partial charge in [-0.05, 0) is 17.7 Å². The summed E-state index contributed by atoms with van der Waals surface area (Å²) in [6.45, 7) is 0.633. The van der Waals surface area contributed by atoms with E-state index in [0.29, 0.717) is 6.54 Å². The highest BCUT2D eigenvalue weighted by Crippen LogP contribution is 2.23. The Labute approximate surface area is 77.2 Å². The SMILES string of the molecule is C#Cc1cccc2c1CN(C)C2=O. The van der Waals surface area contributed by atoms with Crippen LogP contribution in [0.25, 0.3) is 0 Å². The molecule has 1 aromatic rings. The van der Waals surface area contributed by atoms with E-state index < -0.39 is 0 Å². The summed E-state index contributed by atoms with van der Waals surface area (Å²) < 4.78 is 0. The van der Waals surface area contributed by atoms with E-state index in [2.05, 4.69) is 5.92 Å². The molecule has 0 unspecified atom stereocenters. The van der Waals surface area contributed by atoms with Gasteiger partial charge < -0.3 is 4.90 Å². The van der Waals surface area contributed by atoms with Crippen LogP contribution in [-0.2, 0) is 6.54 Å². The van der Waals surface area contributed by atoms with Crippen LogP contribution in [0.5, 0.6) is 0 Å². The number of rotatable bonds is 0. The zero-order chi connectivity index (χ0) is 9.42. The first-order valence-corrected chi connectivity index (χ1v) is 4.08. The predicted molar refractivity (Wildman–Crippen MR) is 50.2 cm³/mol. The lowest BCUT2D eigenvalue weighted by Gasteiger charge is -2.04. The molecule has 0 fully saturated rings. The molecule has 1 aliphatic rings. The van der Waals surface area contributed by atoms with Crippen LogP contribution in [0, 0.1) is 12.3 Å². The Morgan fingerprint density at radius 1 is 1.54 bits per heavy atom. The Hall–Kier alpha value is -1.75. The molecule has 1 heterocycles. The first-order chi connectivity index (χ1) is 6.24. The zero-order valence-corrected chi connectivity index (χ0v) is 7.37. The van der Waals surface area contributed by atoms with Gasteiger partial charge in [0.05, 0.1) is 0 Å². The molecule has 2 heteroatoms. The second-order valence-electron chi connectivity index (χ2n) is 3.14. The van der Waals surface area contributed by atoms with Crippen molar-refractivity contribution in [2.24, 2.45) is 0 Å². The van der Waals surface area contributed by atoms with Crippen molar-refractivity contribution in [3.63, 3.8) is 0 Å². The second-order valence-corrected chi connectivity index (χ2v) is 3.14. The molecule has 0 saturated carbocycles. The smallest absolute Gasteiger partial charge is 0.254 e. The third kappa shape index (κ3) is 1.01. The van der Waals surface area contributed by atoms with Crippen LogP contribution in [0.4, 0.5) is 0 Å². The Bertz CT molecular complexity index is 415. The van der Waals surface area contributed by atoms with Gasteiger partial charge in [-0.15, -0.1) is 6.42 Å². The average Bonchev–Trinajstić information content (AvgIpc) is 2.43. The van der Waals surface area contributed by atoms with E-state index in [1.165, 1.54) is 0 Å². The van der Waals surface area contributed by atoms with Gasteiger partial charge in [-0.25, -0.2) is 0 Å². The largest absolute Gasteiger partial charge is 0.337 e. The molecular weight excluding hydrogens is 162 g/mol. The molecule has 0 saturated heterocycles. The van der Waals surface area contributed by atoms with Crippen LogP contribution in [0.3, 0.4) is 0 Å². The predicted octanol–water partition coefficient (Wildman–Crippen LogP) is 1.25. The first kappa shape index (κ1) is 7.88. The maximum absolute atomic E-state index is 11.5. The van der Waals surface area contributed by atoms with Crippen molar-refractivity contribution in [3.8, 4) is 12.3 Å². The Morgan fingerprint density at radius 3 is 3.00 bits per heavy atom. The van der Waals surface area contributed by atoms with Crippen LogP contribution in [0.2, 0.25) is 0 Å². The fourth-order valence-corrected chi connectivity index (χ4v) is 1.61. The number of carbonyl (C=O) groups is 1. The van der Waals surface area contributed by atoms with E-state index in [9.17, 15) is 4.79 Å². The summed E-state index contributed by atoms with van der Waals surface area (Å²) in [6, 6.07) is 5.51. The van der Waals surface area contributed by atoms with E-state index in [1.54, 1.807) is 11.9 Å². The van der Waals surface area contributed by atoms with Gasteiger partial charge in [-0.2, -0.15) is 0 Å². The van der Waals surface area contributed by atoms with Crippen LogP contribution in [0.15, 0.2) is 18.2 Å². The number of nitrogens with zero attached hydrogens (tertiary/aromatic N) is 1. The van der Waals surface area contributed by atoms with Crippen LogP contribution >= 0.6 is 0 Å². The third-order valence-corrected chi connectivity index (χ3v) is 2.30. The Balaban J connectivity index is 2.64. The summed E-state index contributed by atoms with van der Waals surface area (Å²) in [6.07, 6.45) is 5.33. The number of hydrogen-bond acceptors (Lipinski definition) is 1. The van der Waals surface area contributed by atoms with Gasteiger partial charge in [0.25, 0.3) is 5.91 Å². The molecule has 0 aliphatic carbocycles. The van der Waals surface area contributed by atoms with E-state index in [1.807, 2.05) is 18.2 Å². The highest BCUT2D eigenvalue weighted by atomic mass is 16.2. The van der Waals surface area contributed by atoms with Crippen molar-refractivity contribution in [2.45, 2.75) is 6.54 Å². The summed E-state index contributed by atoms with van der Waals surface area (Å²) in [7, 11) is 1.78. The average molecular weight is 171 g/mol. The van der Waals surface area contributed by atoms with Crippen LogP contribution in [-0.4, -0.2) is 17.9 Å². The number of terminal acetylenes is 1.